The summed E-state index contributed by atoms with van der Waals surface area (Å²) in [7, 11) is 0. The molecular weight excluding hydrogens is 144 g/mol. The third-order valence-electron chi connectivity index (χ3n) is 2.64. The van der Waals surface area contributed by atoms with Crippen molar-refractivity contribution in [1.82, 2.24) is 0 Å². The van der Waals surface area contributed by atoms with Gasteiger partial charge in [-0.2, -0.15) is 0 Å². The third-order valence-corrected chi connectivity index (χ3v) is 2.64. The molecule has 1 aliphatic carbocycles. The quantitative estimate of drug-likeness (QED) is 0.546. The lowest BCUT2D eigenvalue weighted by molar-refractivity contribution is 0.454. The number of terminal acetylenes is 1. The van der Waals surface area contributed by atoms with Crippen molar-refractivity contribution in [2.24, 2.45) is 17.8 Å². The monoisotopic (exact) mass is 164 g/mol. The summed E-state index contributed by atoms with van der Waals surface area (Å²) in [4.78, 5) is 0. The molecule has 1 saturated carbocycles. The molecule has 0 aromatic carbocycles. The Bertz CT molecular complexity index is 157. The second-order valence-corrected chi connectivity index (χ2v) is 4.51. The van der Waals surface area contributed by atoms with E-state index in [1.807, 2.05) is 0 Å². The number of hydrogen-bond acceptors (Lipinski definition) is 0. The van der Waals surface area contributed by atoms with Gasteiger partial charge in [0.05, 0.1) is 0 Å². The fraction of sp³-hybridized carbons (Fsp3) is 0.833. The second-order valence-electron chi connectivity index (χ2n) is 4.51. The van der Waals surface area contributed by atoms with Crippen LogP contribution in [0.5, 0.6) is 0 Å². The van der Waals surface area contributed by atoms with Gasteiger partial charge in [0.15, 0.2) is 0 Å². The van der Waals surface area contributed by atoms with Gasteiger partial charge in [-0.3, -0.25) is 0 Å². The van der Waals surface area contributed by atoms with E-state index < -0.39 is 0 Å². The maximum atomic E-state index is 5.49. The molecule has 1 aliphatic rings. The number of hydrogen-bond donors (Lipinski definition) is 0. The Morgan fingerprint density at radius 3 is 2.42 bits per heavy atom. The summed E-state index contributed by atoms with van der Waals surface area (Å²) in [6.07, 6.45) is 12.2. The first-order chi connectivity index (χ1) is 5.72. The van der Waals surface area contributed by atoms with Gasteiger partial charge in [-0.25, -0.2) is 0 Å². The van der Waals surface area contributed by atoms with E-state index >= 15 is 0 Å². The van der Waals surface area contributed by atoms with Crippen LogP contribution in [0.1, 0.15) is 46.0 Å². The van der Waals surface area contributed by atoms with Crippen LogP contribution in [-0.2, 0) is 0 Å². The Hall–Kier alpha value is -0.440. The second kappa shape index (κ2) is 4.55. The average Bonchev–Trinajstić information content (AvgIpc) is 2.81. The van der Waals surface area contributed by atoms with Gasteiger partial charge in [0.25, 0.3) is 0 Å². The predicted molar refractivity (Wildman–Crippen MR) is 53.7 cm³/mol. The van der Waals surface area contributed by atoms with Crippen LogP contribution in [0.25, 0.3) is 0 Å². The van der Waals surface area contributed by atoms with Gasteiger partial charge in [0.1, 0.15) is 0 Å². The van der Waals surface area contributed by atoms with E-state index in [0.29, 0.717) is 5.92 Å². The lowest BCUT2D eigenvalue weighted by Crippen LogP contribution is -2.00. The van der Waals surface area contributed by atoms with Gasteiger partial charge in [0.2, 0.25) is 0 Å². The molecule has 0 aromatic rings. The van der Waals surface area contributed by atoms with Crippen molar-refractivity contribution in [3.05, 3.63) is 0 Å². The lowest BCUT2D eigenvalue weighted by Gasteiger charge is -2.10. The molecule has 0 spiro atoms. The van der Waals surface area contributed by atoms with Crippen molar-refractivity contribution in [1.29, 1.82) is 0 Å². The third kappa shape index (κ3) is 3.81. The highest BCUT2D eigenvalue weighted by atomic mass is 14.3. The average molecular weight is 164 g/mol. The van der Waals surface area contributed by atoms with Gasteiger partial charge in [-0.15, -0.1) is 12.3 Å². The minimum absolute atomic E-state index is 0.569. The Morgan fingerprint density at radius 2 is 2.00 bits per heavy atom. The van der Waals surface area contributed by atoms with Crippen molar-refractivity contribution in [2.75, 3.05) is 0 Å². The van der Waals surface area contributed by atoms with E-state index in [-0.39, 0.29) is 0 Å². The van der Waals surface area contributed by atoms with Crippen LogP contribution in [0.3, 0.4) is 0 Å². The summed E-state index contributed by atoms with van der Waals surface area (Å²) in [5, 5.41) is 0. The fourth-order valence-corrected chi connectivity index (χ4v) is 1.56. The van der Waals surface area contributed by atoms with Crippen LogP contribution in [0, 0.1) is 30.1 Å². The maximum Gasteiger partial charge on any atom is 0.0203 e. The molecule has 0 nitrogen and oxygen atoms in total. The van der Waals surface area contributed by atoms with E-state index in [2.05, 4.69) is 19.8 Å². The van der Waals surface area contributed by atoms with Gasteiger partial charge in [-0.1, -0.05) is 26.7 Å². The van der Waals surface area contributed by atoms with Crippen LogP contribution in [-0.4, -0.2) is 0 Å². The standard InChI is InChI=1S/C12H20/c1-4-11(6-5-10(2)3)9-12-7-8-12/h1,10-12H,5-9H2,2-3H3. The van der Waals surface area contributed by atoms with E-state index in [0.717, 1.165) is 11.8 Å². The Morgan fingerprint density at radius 1 is 1.33 bits per heavy atom. The first-order valence-corrected chi connectivity index (χ1v) is 5.18. The molecule has 0 amide bonds. The molecule has 1 atom stereocenters. The summed E-state index contributed by atoms with van der Waals surface area (Å²) in [5.41, 5.74) is 0. The molecule has 0 aliphatic heterocycles. The smallest absolute Gasteiger partial charge is 0.0203 e. The maximum absolute atomic E-state index is 5.49. The molecule has 0 N–H and O–H groups in total. The SMILES string of the molecule is C#CC(CCC(C)C)CC1CC1. The minimum Gasteiger partial charge on any atom is -0.120 e. The molecule has 1 fully saturated rings. The van der Waals surface area contributed by atoms with Crippen molar-refractivity contribution in [3.63, 3.8) is 0 Å². The zero-order valence-electron chi connectivity index (χ0n) is 8.34. The van der Waals surface area contributed by atoms with Gasteiger partial charge in [-0.05, 0) is 31.1 Å². The van der Waals surface area contributed by atoms with E-state index in [9.17, 15) is 0 Å². The number of rotatable bonds is 5. The van der Waals surface area contributed by atoms with Gasteiger partial charge < -0.3 is 0 Å². The zero-order valence-corrected chi connectivity index (χ0v) is 8.34. The Labute approximate surface area is 76.7 Å². The van der Waals surface area contributed by atoms with Crippen LogP contribution in [0.15, 0.2) is 0 Å². The zero-order chi connectivity index (χ0) is 8.97. The van der Waals surface area contributed by atoms with E-state index in [1.165, 1.54) is 32.1 Å². The van der Waals surface area contributed by atoms with Crippen LogP contribution in [0.4, 0.5) is 0 Å². The molecule has 12 heavy (non-hydrogen) atoms. The van der Waals surface area contributed by atoms with E-state index in [4.69, 9.17) is 6.42 Å². The fourth-order valence-electron chi connectivity index (χ4n) is 1.56. The van der Waals surface area contributed by atoms with Crippen molar-refractivity contribution >= 4 is 0 Å². The highest BCUT2D eigenvalue weighted by Crippen LogP contribution is 2.36. The first-order valence-electron chi connectivity index (χ1n) is 5.18. The molecule has 0 aromatic heterocycles. The van der Waals surface area contributed by atoms with Crippen molar-refractivity contribution < 1.29 is 0 Å². The predicted octanol–water partition coefficient (Wildman–Crippen LogP) is 3.47. The molecule has 0 heteroatoms. The highest BCUT2D eigenvalue weighted by Gasteiger charge is 2.24. The summed E-state index contributed by atoms with van der Waals surface area (Å²) >= 11 is 0. The lowest BCUT2D eigenvalue weighted by atomic mass is 9.94. The summed E-state index contributed by atoms with van der Waals surface area (Å²) in [5.74, 6) is 5.29. The Kier molecular flexibility index (Phi) is 3.66. The van der Waals surface area contributed by atoms with Gasteiger partial charge >= 0.3 is 0 Å². The summed E-state index contributed by atoms with van der Waals surface area (Å²) in [6.45, 7) is 4.54. The summed E-state index contributed by atoms with van der Waals surface area (Å²) < 4.78 is 0. The Balaban J connectivity index is 2.12. The summed E-state index contributed by atoms with van der Waals surface area (Å²) in [6, 6.07) is 0. The van der Waals surface area contributed by atoms with Gasteiger partial charge in [0, 0.05) is 5.92 Å². The van der Waals surface area contributed by atoms with Crippen molar-refractivity contribution in [2.45, 2.75) is 46.0 Å². The van der Waals surface area contributed by atoms with Crippen LogP contribution in [0.2, 0.25) is 0 Å². The van der Waals surface area contributed by atoms with Crippen LogP contribution < -0.4 is 0 Å². The molecule has 0 bridgehead atoms. The molecule has 1 unspecified atom stereocenters. The molecule has 0 saturated heterocycles. The first kappa shape index (κ1) is 9.65. The largest absolute Gasteiger partial charge is 0.120 e. The minimum atomic E-state index is 0.569. The van der Waals surface area contributed by atoms with E-state index in [1.54, 1.807) is 0 Å². The van der Waals surface area contributed by atoms with Crippen molar-refractivity contribution in [3.8, 4) is 12.3 Å². The normalized spacial score (nSPS) is 19.2. The van der Waals surface area contributed by atoms with Crippen LogP contribution >= 0.6 is 0 Å². The molecular formula is C12H20. The highest BCUT2D eigenvalue weighted by molar-refractivity contribution is 4.95. The molecule has 0 heterocycles. The topological polar surface area (TPSA) is 0 Å². The molecule has 1 rings (SSSR count). The molecule has 0 radical (unpaired) electrons. The molecule has 68 valence electrons.